The summed E-state index contributed by atoms with van der Waals surface area (Å²) < 4.78 is 1.32. The molecule has 0 N–H and O–H groups in total. The number of halogens is 1. The fourth-order valence-corrected chi connectivity index (χ4v) is 3.33. The van der Waals surface area contributed by atoms with Gasteiger partial charge in [-0.05, 0) is 61.2 Å². The number of fused-ring (bicyclic) bond motifs is 3. The van der Waals surface area contributed by atoms with Crippen LogP contribution in [0, 0.1) is 3.57 Å². The van der Waals surface area contributed by atoms with E-state index in [1.54, 1.807) is 0 Å². The van der Waals surface area contributed by atoms with Crippen molar-refractivity contribution in [1.29, 1.82) is 0 Å². The summed E-state index contributed by atoms with van der Waals surface area (Å²) in [6.07, 6.45) is 0. The van der Waals surface area contributed by atoms with E-state index in [1.165, 1.54) is 30.7 Å². The molecule has 0 aromatic heterocycles. The Bertz CT molecular complexity index is 764. The van der Waals surface area contributed by atoms with Crippen LogP contribution in [0.1, 0.15) is 26.3 Å². The van der Waals surface area contributed by atoms with Gasteiger partial charge in [0, 0.05) is 3.57 Å². The molecule has 0 spiro atoms. The van der Waals surface area contributed by atoms with Crippen LogP contribution in [0.3, 0.4) is 0 Å². The molecule has 1 heteroatoms. The lowest BCUT2D eigenvalue weighted by Crippen LogP contribution is -2.10. The summed E-state index contributed by atoms with van der Waals surface area (Å²) in [5.74, 6) is 0. The molecule has 0 nitrogen and oxygen atoms in total. The van der Waals surface area contributed by atoms with Gasteiger partial charge in [0.2, 0.25) is 0 Å². The quantitative estimate of drug-likeness (QED) is 0.346. The summed E-state index contributed by atoms with van der Waals surface area (Å²) in [6, 6.07) is 17.8. The van der Waals surface area contributed by atoms with E-state index in [9.17, 15) is 0 Å². The van der Waals surface area contributed by atoms with Crippen molar-refractivity contribution in [1.82, 2.24) is 0 Å². The van der Waals surface area contributed by atoms with E-state index in [4.69, 9.17) is 0 Å². The molecule has 3 rings (SSSR count). The second kappa shape index (κ2) is 4.48. The predicted octanol–water partition coefficient (Wildman–Crippen LogP) is 5.90. The maximum atomic E-state index is 2.43. The van der Waals surface area contributed by atoms with Crippen LogP contribution < -0.4 is 0 Å². The normalized spacial score (nSPS) is 12.2. The minimum absolute atomic E-state index is 0.193. The molecule has 0 atom stereocenters. The minimum Gasteiger partial charge on any atom is -0.0616 e. The lowest BCUT2D eigenvalue weighted by Gasteiger charge is -2.20. The Hall–Kier alpha value is -1.09. The van der Waals surface area contributed by atoms with Gasteiger partial charge in [-0.1, -0.05) is 63.2 Å². The molecule has 0 radical (unpaired) electrons. The first-order valence-corrected chi connectivity index (χ1v) is 7.66. The van der Waals surface area contributed by atoms with Crippen molar-refractivity contribution in [2.75, 3.05) is 0 Å². The van der Waals surface area contributed by atoms with Crippen molar-refractivity contribution < 1.29 is 0 Å². The van der Waals surface area contributed by atoms with Gasteiger partial charge in [-0.25, -0.2) is 0 Å². The monoisotopic (exact) mass is 360 g/mol. The number of hydrogen-bond acceptors (Lipinski definition) is 0. The molecule has 0 amide bonds. The molecule has 0 saturated carbocycles. The van der Waals surface area contributed by atoms with Crippen LogP contribution in [-0.4, -0.2) is 0 Å². The lowest BCUT2D eigenvalue weighted by atomic mass is 9.85. The summed E-state index contributed by atoms with van der Waals surface area (Å²) >= 11 is 2.43. The van der Waals surface area contributed by atoms with Crippen molar-refractivity contribution in [3.63, 3.8) is 0 Å². The Morgan fingerprint density at radius 3 is 2.16 bits per heavy atom. The van der Waals surface area contributed by atoms with Crippen LogP contribution in [0.15, 0.2) is 48.5 Å². The second-order valence-electron chi connectivity index (χ2n) is 6.09. The molecule has 0 bridgehead atoms. The number of hydrogen-bond donors (Lipinski definition) is 0. The third-order valence-corrected chi connectivity index (χ3v) is 4.57. The topological polar surface area (TPSA) is 0 Å². The minimum atomic E-state index is 0.193. The molecule has 3 aromatic carbocycles. The first kappa shape index (κ1) is 12.9. The maximum Gasteiger partial charge on any atom is 0.0215 e. The zero-order valence-electron chi connectivity index (χ0n) is 11.5. The highest BCUT2D eigenvalue weighted by molar-refractivity contribution is 14.1. The van der Waals surface area contributed by atoms with Gasteiger partial charge in [-0.2, -0.15) is 0 Å². The molecule has 0 unspecified atom stereocenters. The van der Waals surface area contributed by atoms with Gasteiger partial charge < -0.3 is 0 Å². The summed E-state index contributed by atoms with van der Waals surface area (Å²) in [5, 5.41) is 5.40. The van der Waals surface area contributed by atoms with Crippen molar-refractivity contribution in [2.24, 2.45) is 0 Å². The van der Waals surface area contributed by atoms with E-state index >= 15 is 0 Å². The zero-order valence-corrected chi connectivity index (χ0v) is 13.7. The number of benzene rings is 3. The molecular formula is C18H17I. The average Bonchev–Trinajstić information content (AvgIpc) is 2.37. The fraction of sp³-hybridized carbons (Fsp3) is 0.222. The standard InChI is InChI=1S/C18H17I/c1-18(2,3)13-9-8-12-10-17(19)15-7-5-4-6-14(15)16(12)11-13/h4-11H,1-3H3. The Balaban J connectivity index is 2.44. The smallest absolute Gasteiger partial charge is 0.0215 e. The first-order valence-electron chi connectivity index (χ1n) is 6.58. The predicted molar refractivity (Wildman–Crippen MR) is 92.9 cm³/mol. The maximum absolute atomic E-state index is 2.43. The third kappa shape index (κ3) is 2.25. The zero-order chi connectivity index (χ0) is 13.6. The Labute approximate surface area is 128 Å². The molecule has 0 saturated heterocycles. The third-order valence-electron chi connectivity index (χ3n) is 3.68. The molecule has 19 heavy (non-hydrogen) atoms. The van der Waals surface area contributed by atoms with Crippen LogP contribution in [0.4, 0.5) is 0 Å². The van der Waals surface area contributed by atoms with Crippen LogP contribution in [0.25, 0.3) is 21.5 Å². The lowest BCUT2D eigenvalue weighted by molar-refractivity contribution is 0.591. The average molecular weight is 360 g/mol. The summed E-state index contributed by atoms with van der Waals surface area (Å²) in [6.45, 7) is 6.80. The Kier molecular flexibility index (Phi) is 3.05. The summed E-state index contributed by atoms with van der Waals surface area (Å²) in [5.41, 5.74) is 1.59. The van der Waals surface area contributed by atoms with Gasteiger partial charge in [0.25, 0.3) is 0 Å². The van der Waals surface area contributed by atoms with Crippen LogP contribution in [0.5, 0.6) is 0 Å². The van der Waals surface area contributed by atoms with E-state index < -0.39 is 0 Å². The SMILES string of the molecule is CC(C)(C)c1ccc2cc(I)c3ccccc3c2c1. The van der Waals surface area contributed by atoms with Crippen molar-refractivity contribution >= 4 is 44.1 Å². The van der Waals surface area contributed by atoms with Crippen LogP contribution in [0.2, 0.25) is 0 Å². The molecule has 0 aliphatic carbocycles. The molecule has 0 fully saturated rings. The van der Waals surface area contributed by atoms with E-state index in [-0.39, 0.29) is 5.41 Å². The van der Waals surface area contributed by atoms with Gasteiger partial charge in [-0.15, -0.1) is 0 Å². The van der Waals surface area contributed by atoms with Crippen LogP contribution in [-0.2, 0) is 5.41 Å². The van der Waals surface area contributed by atoms with Gasteiger partial charge in [0.15, 0.2) is 0 Å². The highest BCUT2D eigenvalue weighted by atomic mass is 127. The first-order chi connectivity index (χ1) is 8.97. The fourth-order valence-electron chi connectivity index (χ4n) is 2.52. The molecule has 0 aliphatic rings. The largest absolute Gasteiger partial charge is 0.0616 e. The second-order valence-corrected chi connectivity index (χ2v) is 7.25. The van der Waals surface area contributed by atoms with E-state index in [0.29, 0.717) is 0 Å². The van der Waals surface area contributed by atoms with E-state index in [0.717, 1.165) is 0 Å². The van der Waals surface area contributed by atoms with Crippen molar-refractivity contribution in [3.8, 4) is 0 Å². The Morgan fingerprint density at radius 2 is 1.47 bits per heavy atom. The van der Waals surface area contributed by atoms with E-state index in [1.807, 2.05) is 0 Å². The highest BCUT2D eigenvalue weighted by Gasteiger charge is 2.14. The molecule has 3 aromatic rings. The van der Waals surface area contributed by atoms with Crippen LogP contribution >= 0.6 is 22.6 Å². The summed E-state index contributed by atoms with van der Waals surface area (Å²) in [7, 11) is 0. The number of rotatable bonds is 0. The van der Waals surface area contributed by atoms with Crippen molar-refractivity contribution in [3.05, 3.63) is 57.7 Å². The van der Waals surface area contributed by atoms with Gasteiger partial charge in [-0.3, -0.25) is 0 Å². The molecular weight excluding hydrogens is 343 g/mol. The van der Waals surface area contributed by atoms with Crippen molar-refractivity contribution in [2.45, 2.75) is 26.2 Å². The van der Waals surface area contributed by atoms with Gasteiger partial charge in [0.1, 0.15) is 0 Å². The Morgan fingerprint density at radius 1 is 0.789 bits per heavy atom. The van der Waals surface area contributed by atoms with Gasteiger partial charge in [0.05, 0.1) is 0 Å². The molecule has 0 aliphatic heterocycles. The highest BCUT2D eigenvalue weighted by Crippen LogP contribution is 2.33. The summed E-state index contributed by atoms with van der Waals surface area (Å²) in [4.78, 5) is 0. The van der Waals surface area contributed by atoms with E-state index in [2.05, 4.69) is 91.9 Å². The molecule has 0 heterocycles. The van der Waals surface area contributed by atoms with Gasteiger partial charge >= 0.3 is 0 Å². The molecule has 96 valence electrons.